The SMILES string of the molecule is CSC1CCC(Nc2nc3cc([N+](=O)[O-])ccc3o2)CC1. The van der Waals surface area contributed by atoms with Crippen LogP contribution in [-0.2, 0) is 0 Å². The fourth-order valence-electron chi connectivity index (χ4n) is 2.71. The normalized spacial score (nSPS) is 22.3. The van der Waals surface area contributed by atoms with Gasteiger partial charge in [0.25, 0.3) is 11.7 Å². The molecule has 1 fully saturated rings. The molecule has 1 aromatic heterocycles. The number of thioether (sulfide) groups is 1. The Morgan fingerprint density at radius 3 is 2.81 bits per heavy atom. The summed E-state index contributed by atoms with van der Waals surface area (Å²) >= 11 is 1.93. The number of oxazole rings is 1. The first-order valence-corrected chi connectivity index (χ1v) is 8.29. The van der Waals surface area contributed by atoms with Crippen LogP contribution in [0.4, 0.5) is 11.7 Å². The smallest absolute Gasteiger partial charge is 0.295 e. The predicted molar refractivity (Wildman–Crippen MR) is 83.8 cm³/mol. The van der Waals surface area contributed by atoms with Gasteiger partial charge in [0.1, 0.15) is 5.52 Å². The average molecular weight is 307 g/mol. The van der Waals surface area contributed by atoms with Crippen LogP contribution in [0.25, 0.3) is 11.1 Å². The highest BCUT2D eigenvalue weighted by atomic mass is 32.2. The molecule has 0 atom stereocenters. The van der Waals surface area contributed by atoms with Crippen molar-refractivity contribution < 1.29 is 9.34 Å². The van der Waals surface area contributed by atoms with Crippen LogP contribution in [0.2, 0.25) is 0 Å². The molecule has 112 valence electrons. The number of anilines is 1. The van der Waals surface area contributed by atoms with E-state index in [2.05, 4.69) is 16.6 Å². The molecule has 21 heavy (non-hydrogen) atoms. The van der Waals surface area contributed by atoms with Crippen LogP contribution in [-0.4, -0.2) is 27.5 Å². The molecule has 0 spiro atoms. The molecule has 0 amide bonds. The number of aromatic nitrogens is 1. The van der Waals surface area contributed by atoms with Gasteiger partial charge in [0.05, 0.1) is 4.92 Å². The van der Waals surface area contributed by atoms with E-state index in [1.165, 1.54) is 25.0 Å². The third-order valence-corrected chi connectivity index (χ3v) is 5.06. The van der Waals surface area contributed by atoms with Crippen LogP contribution in [0.1, 0.15) is 25.7 Å². The second-order valence-electron chi connectivity index (χ2n) is 5.28. The van der Waals surface area contributed by atoms with Crippen molar-refractivity contribution in [3.8, 4) is 0 Å². The number of fused-ring (bicyclic) bond motifs is 1. The first-order chi connectivity index (χ1) is 10.2. The second-order valence-corrected chi connectivity index (χ2v) is 6.42. The molecule has 6 nitrogen and oxygen atoms in total. The number of hydrogen-bond donors (Lipinski definition) is 1. The number of nitrogens with zero attached hydrogens (tertiary/aromatic N) is 2. The standard InChI is InChI=1S/C14H17N3O3S/c1-21-11-5-2-9(3-6-11)15-14-16-12-8-10(17(18)19)4-7-13(12)20-14/h4,7-9,11H,2-3,5-6H2,1H3,(H,15,16). The lowest BCUT2D eigenvalue weighted by atomic mass is 9.95. The molecule has 0 unspecified atom stereocenters. The third kappa shape index (κ3) is 3.12. The summed E-state index contributed by atoms with van der Waals surface area (Å²) in [5, 5.41) is 14.8. The van der Waals surface area contributed by atoms with E-state index >= 15 is 0 Å². The van der Waals surface area contributed by atoms with Crippen molar-refractivity contribution in [2.24, 2.45) is 0 Å². The van der Waals surface area contributed by atoms with Crippen molar-refractivity contribution in [3.63, 3.8) is 0 Å². The Bertz CT molecular complexity index is 650. The molecule has 1 aliphatic rings. The van der Waals surface area contributed by atoms with Crippen LogP contribution in [0, 0.1) is 10.1 Å². The van der Waals surface area contributed by atoms with Gasteiger partial charge in [-0.05, 0) is 38.0 Å². The molecule has 0 radical (unpaired) electrons. The quantitative estimate of drug-likeness (QED) is 0.683. The fourth-order valence-corrected chi connectivity index (χ4v) is 3.45. The van der Waals surface area contributed by atoms with Crippen LogP contribution < -0.4 is 5.32 Å². The molecule has 3 rings (SSSR count). The minimum Gasteiger partial charge on any atom is -0.424 e. The number of nitro groups is 1. The van der Waals surface area contributed by atoms with Crippen LogP contribution in [0.3, 0.4) is 0 Å². The zero-order chi connectivity index (χ0) is 14.8. The predicted octanol–water partition coefficient (Wildman–Crippen LogP) is 3.82. The summed E-state index contributed by atoms with van der Waals surface area (Å²) in [5.41, 5.74) is 1.12. The molecule has 2 aromatic rings. The maximum Gasteiger partial charge on any atom is 0.295 e. The van der Waals surface area contributed by atoms with Gasteiger partial charge in [0, 0.05) is 23.4 Å². The van der Waals surface area contributed by atoms with Gasteiger partial charge in [0.15, 0.2) is 5.58 Å². The first kappa shape index (κ1) is 14.2. The molecule has 1 saturated carbocycles. The fraction of sp³-hybridized carbons (Fsp3) is 0.500. The van der Waals surface area contributed by atoms with E-state index in [4.69, 9.17) is 4.42 Å². The van der Waals surface area contributed by atoms with Gasteiger partial charge in [0.2, 0.25) is 0 Å². The summed E-state index contributed by atoms with van der Waals surface area (Å²) in [6.45, 7) is 0. The number of benzene rings is 1. The average Bonchev–Trinajstić information content (AvgIpc) is 2.89. The van der Waals surface area contributed by atoms with E-state index in [0.29, 0.717) is 23.2 Å². The Morgan fingerprint density at radius 1 is 1.38 bits per heavy atom. The Morgan fingerprint density at radius 2 is 2.14 bits per heavy atom. The van der Waals surface area contributed by atoms with Gasteiger partial charge in [-0.2, -0.15) is 16.7 Å². The summed E-state index contributed by atoms with van der Waals surface area (Å²) in [6, 6.07) is 5.29. The van der Waals surface area contributed by atoms with E-state index in [9.17, 15) is 10.1 Å². The summed E-state index contributed by atoms with van der Waals surface area (Å²) in [4.78, 5) is 14.6. The van der Waals surface area contributed by atoms with Gasteiger partial charge in [-0.1, -0.05) is 0 Å². The Labute approximate surface area is 126 Å². The maximum atomic E-state index is 10.8. The van der Waals surface area contributed by atoms with Crippen LogP contribution >= 0.6 is 11.8 Å². The molecule has 1 aliphatic carbocycles. The van der Waals surface area contributed by atoms with Gasteiger partial charge >= 0.3 is 0 Å². The zero-order valence-electron chi connectivity index (χ0n) is 11.7. The summed E-state index contributed by atoms with van der Waals surface area (Å²) in [5.74, 6) is 0. The highest BCUT2D eigenvalue weighted by Crippen LogP contribution is 2.30. The Kier molecular flexibility index (Phi) is 4.01. The highest BCUT2D eigenvalue weighted by Gasteiger charge is 2.22. The molecule has 0 bridgehead atoms. The highest BCUT2D eigenvalue weighted by molar-refractivity contribution is 7.99. The minimum absolute atomic E-state index is 0.0304. The summed E-state index contributed by atoms with van der Waals surface area (Å²) < 4.78 is 5.61. The first-order valence-electron chi connectivity index (χ1n) is 7.00. The number of rotatable bonds is 4. The van der Waals surface area contributed by atoms with Gasteiger partial charge in [-0.3, -0.25) is 10.1 Å². The van der Waals surface area contributed by atoms with Crippen molar-refractivity contribution in [2.45, 2.75) is 37.0 Å². The van der Waals surface area contributed by atoms with Crippen LogP contribution in [0.15, 0.2) is 22.6 Å². The second kappa shape index (κ2) is 5.93. The van der Waals surface area contributed by atoms with E-state index in [-0.39, 0.29) is 5.69 Å². The Hall–Kier alpha value is -1.76. The van der Waals surface area contributed by atoms with E-state index in [0.717, 1.165) is 18.1 Å². The Balaban J connectivity index is 1.71. The van der Waals surface area contributed by atoms with Crippen LogP contribution in [0.5, 0.6) is 0 Å². The van der Waals surface area contributed by atoms with Crippen molar-refractivity contribution in [1.29, 1.82) is 0 Å². The lowest BCUT2D eigenvalue weighted by molar-refractivity contribution is -0.384. The van der Waals surface area contributed by atoms with Gasteiger partial charge in [-0.25, -0.2) is 0 Å². The molecule has 1 aromatic carbocycles. The lowest BCUT2D eigenvalue weighted by Crippen LogP contribution is -2.27. The maximum absolute atomic E-state index is 10.8. The molecule has 1 N–H and O–H groups in total. The summed E-state index contributed by atoms with van der Waals surface area (Å²) in [7, 11) is 0. The molecular formula is C14H17N3O3S. The minimum atomic E-state index is -0.426. The van der Waals surface area contributed by atoms with E-state index in [1.54, 1.807) is 6.07 Å². The van der Waals surface area contributed by atoms with Crippen molar-refractivity contribution in [3.05, 3.63) is 28.3 Å². The van der Waals surface area contributed by atoms with E-state index < -0.39 is 4.92 Å². The van der Waals surface area contributed by atoms with Crippen molar-refractivity contribution >= 4 is 34.6 Å². The van der Waals surface area contributed by atoms with E-state index in [1.807, 2.05) is 11.8 Å². The number of non-ortho nitro benzene ring substituents is 1. The van der Waals surface area contributed by atoms with Gasteiger partial charge in [-0.15, -0.1) is 0 Å². The third-order valence-electron chi connectivity index (χ3n) is 3.92. The number of nitrogens with one attached hydrogen (secondary N) is 1. The van der Waals surface area contributed by atoms with Crippen molar-refractivity contribution in [2.75, 3.05) is 11.6 Å². The van der Waals surface area contributed by atoms with Crippen molar-refractivity contribution in [1.82, 2.24) is 4.98 Å². The lowest BCUT2D eigenvalue weighted by Gasteiger charge is -2.27. The largest absolute Gasteiger partial charge is 0.424 e. The molecular weight excluding hydrogens is 290 g/mol. The molecule has 0 aliphatic heterocycles. The molecule has 1 heterocycles. The number of hydrogen-bond acceptors (Lipinski definition) is 6. The molecule has 0 saturated heterocycles. The van der Waals surface area contributed by atoms with Gasteiger partial charge < -0.3 is 9.73 Å². The number of nitro benzene ring substituents is 1. The summed E-state index contributed by atoms with van der Waals surface area (Å²) in [6.07, 6.45) is 6.76. The zero-order valence-corrected chi connectivity index (χ0v) is 12.6. The molecule has 7 heteroatoms. The monoisotopic (exact) mass is 307 g/mol. The topological polar surface area (TPSA) is 81.2 Å².